The smallest absolute Gasteiger partial charge is 0.277 e. The Kier molecular flexibility index (Phi) is 4.81. The van der Waals surface area contributed by atoms with Gasteiger partial charge in [0.1, 0.15) is 5.69 Å². The first kappa shape index (κ1) is 17.2. The van der Waals surface area contributed by atoms with Crippen LogP contribution in [-0.4, -0.2) is 31.8 Å². The summed E-state index contributed by atoms with van der Waals surface area (Å²) in [5.74, 6) is -0.617. The van der Waals surface area contributed by atoms with Crippen LogP contribution in [-0.2, 0) is 11.2 Å². The van der Waals surface area contributed by atoms with E-state index in [-0.39, 0.29) is 18.0 Å². The molecule has 0 aliphatic rings. The zero-order valence-corrected chi connectivity index (χ0v) is 15.4. The van der Waals surface area contributed by atoms with Gasteiger partial charge in [-0.15, -0.1) is 11.3 Å². The number of rotatable bonds is 5. The second-order valence-electron chi connectivity index (χ2n) is 5.40. The van der Waals surface area contributed by atoms with Crippen LogP contribution in [0.2, 0.25) is 0 Å². The normalized spacial score (nSPS) is 10.7. The van der Waals surface area contributed by atoms with Crippen molar-refractivity contribution in [3.8, 4) is 0 Å². The molecule has 2 N–H and O–H groups in total. The van der Waals surface area contributed by atoms with Gasteiger partial charge in [0.15, 0.2) is 10.3 Å². The highest BCUT2D eigenvalue weighted by Crippen LogP contribution is 2.25. The molecule has 0 aliphatic carbocycles. The van der Waals surface area contributed by atoms with Gasteiger partial charge in [-0.05, 0) is 12.1 Å². The number of fused-ring (bicyclic) bond motifs is 1. The number of amides is 2. The summed E-state index contributed by atoms with van der Waals surface area (Å²) in [5, 5.41) is 8.10. The van der Waals surface area contributed by atoms with E-state index in [9.17, 15) is 9.59 Å². The Morgan fingerprint density at radius 2 is 1.93 bits per heavy atom. The summed E-state index contributed by atoms with van der Waals surface area (Å²) >= 11 is 2.66. The van der Waals surface area contributed by atoms with Crippen molar-refractivity contribution in [2.45, 2.75) is 6.42 Å². The quantitative estimate of drug-likeness (QED) is 0.537. The molecular weight excluding hydrogens is 384 g/mol. The zero-order chi connectivity index (χ0) is 18.6. The maximum Gasteiger partial charge on any atom is 0.277 e. The van der Waals surface area contributed by atoms with Crippen LogP contribution in [0.25, 0.3) is 10.2 Å². The molecule has 0 fully saturated rings. The summed E-state index contributed by atoms with van der Waals surface area (Å²) in [5.41, 5.74) is 1.61. The first-order valence-corrected chi connectivity index (χ1v) is 9.54. The van der Waals surface area contributed by atoms with E-state index in [2.05, 4.69) is 30.6 Å². The lowest BCUT2D eigenvalue weighted by Crippen LogP contribution is -2.15. The largest absolute Gasteiger partial charge is 0.302 e. The monoisotopic (exact) mass is 396 g/mol. The van der Waals surface area contributed by atoms with Crippen LogP contribution in [0, 0.1) is 0 Å². The molecule has 4 rings (SSSR count). The standard InChI is InChI=1S/C17H12N6O2S2/c24-14(22-17-21-11-3-1-2-4-13(11)27-17)7-10-9-26-16(20-10)23-15(25)12-8-18-5-6-19-12/h1-6,8-9H,7H2,(H,20,23,25)(H,21,22,24). The van der Waals surface area contributed by atoms with Gasteiger partial charge >= 0.3 is 0 Å². The number of aromatic nitrogens is 4. The average Bonchev–Trinajstić information content (AvgIpc) is 3.28. The van der Waals surface area contributed by atoms with Crippen molar-refractivity contribution in [2.24, 2.45) is 0 Å². The van der Waals surface area contributed by atoms with Gasteiger partial charge in [0, 0.05) is 17.8 Å². The number of carbonyl (C=O) groups excluding carboxylic acids is 2. The minimum absolute atomic E-state index is 0.0907. The summed E-state index contributed by atoms with van der Waals surface area (Å²) in [6, 6.07) is 7.68. The van der Waals surface area contributed by atoms with Gasteiger partial charge < -0.3 is 5.32 Å². The summed E-state index contributed by atoms with van der Waals surface area (Å²) in [7, 11) is 0. The van der Waals surface area contributed by atoms with E-state index in [1.807, 2.05) is 24.3 Å². The number of anilines is 2. The van der Waals surface area contributed by atoms with E-state index < -0.39 is 5.91 Å². The van der Waals surface area contributed by atoms with Gasteiger partial charge in [-0.2, -0.15) is 0 Å². The first-order chi connectivity index (χ1) is 13.2. The molecule has 3 heterocycles. The highest BCUT2D eigenvalue weighted by Gasteiger charge is 2.13. The van der Waals surface area contributed by atoms with Crippen molar-refractivity contribution in [1.29, 1.82) is 0 Å². The molecule has 10 heteroatoms. The van der Waals surface area contributed by atoms with Crippen LogP contribution in [0.15, 0.2) is 48.2 Å². The van der Waals surface area contributed by atoms with Crippen molar-refractivity contribution in [2.75, 3.05) is 10.6 Å². The summed E-state index contributed by atoms with van der Waals surface area (Å²) in [4.78, 5) is 40.7. The Morgan fingerprint density at radius 3 is 2.74 bits per heavy atom. The van der Waals surface area contributed by atoms with E-state index in [1.54, 1.807) is 5.38 Å². The lowest BCUT2D eigenvalue weighted by molar-refractivity contribution is -0.115. The first-order valence-electron chi connectivity index (χ1n) is 7.84. The van der Waals surface area contributed by atoms with Crippen LogP contribution in [0.4, 0.5) is 10.3 Å². The van der Waals surface area contributed by atoms with Crippen molar-refractivity contribution < 1.29 is 9.59 Å². The topological polar surface area (TPSA) is 110 Å². The molecule has 0 bridgehead atoms. The van der Waals surface area contributed by atoms with Crippen LogP contribution >= 0.6 is 22.7 Å². The SMILES string of the molecule is O=C(Cc1csc(NC(=O)c2cnccn2)n1)Nc1nc2ccccc2s1. The van der Waals surface area contributed by atoms with Crippen molar-refractivity contribution in [1.82, 2.24) is 19.9 Å². The summed E-state index contributed by atoms with van der Waals surface area (Å²) < 4.78 is 1.01. The van der Waals surface area contributed by atoms with Crippen molar-refractivity contribution in [3.63, 3.8) is 0 Å². The third kappa shape index (κ3) is 4.13. The highest BCUT2D eigenvalue weighted by molar-refractivity contribution is 7.22. The highest BCUT2D eigenvalue weighted by atomic mass is 32.1. The Hall–Kier alpha value is -3.24. The number of benzene rings is 1. The Morgan fingerprint density at radius 1 is 1.04 bits per heavy atom. The van der Waals surface area contributed by atoms with Gasteiger partial charge in [-0.3, -0.25) is 19.9 Å². The van der Waals surface area contributed by atoms with Gasteiger partial charge in [-0.1, -0.05) is 23.5 Å². The number of thiazole rings is 2. The number of nitrogens with zero attached hydrogens (tertiary/aromatic N) is 4. The second kappa shape index (κ2) is 7.56. The van der Waals surface area contributed by atoms with E-state index >= 15 is 0 Å². The third-order valence-electron chi connectivity index (χ3n) is 3.45. The maximum atomic E-state index is 12.2. The predicted octanol–water partition coefficient (Wildman–Crippen LogP) is 2.98. The number of para-hydroxylation sites is 1. The van der Waals surface area contributed by atoms with Crippen molar-refractivity contribution in [3.05, 3.63) is 59.6 Å². The van der Waals surface area contributed by atoms with Crippen LogP contribution < -0.4 is 10.6 Å². The minimum Gasteiger partial charge on any atom is -0.302 e. The van der Waals surface area contributed by atoms with Crippen molar-refractivity contribution >= 4 is 55.0 Å². The summed E-state index contributed by atoms with van der Waals surface area (Å²) in [6.07, 6.45) is 4.39. The molecule has 4 aromatic rings. The van der Waals surface area contributed by atoms with E-state index in [4.69, 9.17) is 0 Å². The Labute approximate surface area is 161 Å². The van der Waals surface area contributed by atoms with Crippen LogP contribution in [0.3, 0.4) is 0 Å². The molecule has 8 nitrogen and oxygen atoms in total. The third-order valence-corrected chi connectivity index (χ3v) is 5.21. The fourth-order valence-electron chi connectivity index (χ4n) is 2.28. The molecule has 134 valence electrons. The van der Waals surface area contributed by atoms with E-state index in [0.29, 0.717) is 16.0 Å². The minimum atomic E-state index is -0.400. The lowest BCUT2D eigenvalue weighted by Gasteiger charge is -2.00. The molecule has 0 aliphatic heterocycles. The second-order valence-corrected chi connectivity index (χ2v) is 7.29. The number of carbonyl (C=O) groups is 2. The molecule has 0 saturated heterocycles. The molecular formula is C17H12N6O2S2. The molecule has 0 atom stereocenters. The van der Waals surface area contributed by atoms with E-state index in [1.165, 1.54) is 41.3 Å². The Balaban J connectivity index is 1.37. The predicted molar refractivity (Wildman–Crippen MR) is 104 cm³/mol. The fourth-order valence-corrected chi connectivity index (χ4v) is 3.86. The molecule has 0 radical (unpaired) electrons. The number of hydrogen-bond donors (Lipinski definition) is 2. The number of hydrogen-bond acceptors (Lipinski definition) is 8. The Bertz CT molecular complexity index is 1080. The average molecular weight is 396 g/mol. The van der Waals surface area contributed by atoms with Crippen LogP contribution in [0.5, 0.6) is 0 Å². The van der Waals surface area contributed by atoms with E-state index in [0.717, 1.165) is 10.2 Å². The fraction of sp³-hybridized carbons (Fsp3) is 0.0588. The zero-order valence-electron chi connectivity index (χ0n) is 13.7. The van der Waals surface area contributed by atoms with Gasteiger partial charge in [0.05, 0.1) is 28.5 Å². The summed E-state index contributed by atoms with van der Waals surface area (Å²) in [6.45, 7) is 0. The molecule has 0 saturated carbocycles. The van der Waals surface area contributed by atoms with Crippen LogP contribution in [0.1, 0.15) is 16.2 Å². The number of nitrogens with one attached hydrogen (secondary N) is 2. The molecule has 0 spiro atoms. The molecule has 27 heavy (non-hydrogen) atoms. The molecule has 1 aromatic carbocycles. The van der Waals surface area contributed by atoms with Gasteiger partial charge in [0.25, 0.3) is 5.91 Å². The molecule has 0 unspecified atom stereocenters. The van der Waals surface area contributed by atoms with Gasteiger partial charge in [-0.25, -0.2) is 15.0 Å². The molecule has 3 aromatic heterocycles. The molecule has 2 amide bonds. The maximum absolute atomic E-state index is 12.2. The lowest BCUT2D eigenvalue weighted by atomic mass is 10.3. The van der Waals surface area contributed by atoms with Gasteiger partial charge in [0.2, 0.25) is 5.91 Å².